The van der Waals surface area contributed by atoms with E-state index in [1.165, 1.54) is 35.2 Å². The summed E-state index contributed by atoms with van der Waals surface area (Å²) in [5, 5.41) is 19.1. The molecule has 0 fully saturated rings. The molecule has 10 heteroatoms. The van der Waals surface area contributed by atoms with Crippen molar-refractivity contribution in [3.8, 4) is 0 Å². The SMILES string of the molecule is C[C@@H](SCc1ncn(C)n1)[C@](O)(Cn1cncn1)c1ccc(F)cc1F. The fraction of sp³-hybridized carbons (Fsp3) is 0.375. The first kappa shape index (κ1) is 18.5. The zero-order chi connectivity index (χ0) is 18.7. The first-order valence-corrected chi connectivity index (χ1v) is 8.90. The van der Waals surface area contributed by atoms with Crippen LogP contribution in [0.1, 0.15) is 18.3 Å². The van der Waals surface area contributed by atoms with Gasteiger partial charge in [-0.1, -0.05) is 13.0 Å². The Morgan fingerprint density at radius 2 is 2.12 bits per heavy atom. The first-order chi connectivity index (χ1) is 12.4. The van der Waals surface area contributed by atoms with Crippen LogP contribution in [0.15, 0.2) is 37.2 Å². The Bertz CT molecular complexity index is 872. The minimum Gasteiger partial charge on any atom is -0.382 e. The summed E-state index contributed by atoms with van der Waals surface area (Å²) in [6.07, 6.45) is 4.35. The van der Waals surface area contributed by atoms with Gasteiger partial charge in [0.25, 0.3) is 0 Å². The summed E-state index contributed by atoms with van der Waals surface area (Å²) >= 11 is 1.37. The van der Waals surface area contributed by atoms with Crippen molar-refractivity contribution in [2.45, 2.75) is 30.1 Å². The predicted molar refractivity (Wildman–Crippen MR) is 92.0 cm³/mol. The Balaban J connectivity index is 1.88. The molecule has 1 aromatic carbocycles. The number of halogens is 2. The van der Waals surface area contributed by atoms with Crippen molar-refractivity contribution < 1.29 is 13.9 Å². The third kappa shape index (κ3) is 3.91. The van der Waals surface area contributed by atoms with Gasteiger partial charge in [-0.05, 0) is 6.07 Å². The summed E-state index contributed by atoms with van der Waals surface area (Å²) in [4.78, 5) is 8.00. The van der Waals surface area contributed by atoms with E-state index in [1.807, 2.05) is 0 Å². The van der Waals surface area contributed by atoms with E-state index in [2.05, 4.69) is 20.2 Å². The molecule has 2 atom stereocenters. The molecule has 0 unspecified atom stereocenters. The molecule has 3 rings (SSSR count). The number of aryl methyl sites for hydroxylation is 1. The van der Waals surface area contributed by atoms with Crippen molar-refractivity contribution >= 4 is 11.8 Å². The molecule has 1 N–H and O–H groups in total. The molecule has 7 nitrogen and oxygen atoms in total. The molecule has 0 amide bonds. The average Bonchev–Trinajstić information content (AvgIpc) is 3.24. The van der Waals surface area contributed by atoms with Crippen molar-refractivity contribution in [3.63, 3.8) is 0 Å². The van der Waals surface area contributed by atoms with E-state index in [9.17, 15) is 13.9 Å². The molecule has 0 saturated carbocycles. The highest BCUT2D eigenvalue weighted by atomic mass is 32.2. The molecule has 0 aliphatic carbocycles. The Kier molecular flexibility index (Phi) is 5.33. The predicted octanol–water partition coefficient (Wildman–Crippen LogP) is 1.89. The van der Waals surface area contributed by atoms with Crippen LogP contribution in [0.2, 0.25) is 0 Å². The van der Waals surface area contributed by atoms with Gasteiger partial charge < -0.3 is 5.11 Å². The molecule has 0 saturated heterocycles. The number of rotatable bonds is 7. The van der Waals surface area contributed by atoms with Crippen LogP contribution in [0.4, 0.5) is 8.78 Å². The molecule has 26 heavy (non-hydrogen) atoms. The lowest BCUT2D eigenvalue weighted by atomic mass is 9.90. The number of thioether (sulfide) groups is 1. The van der Waals surface area contributed by atoms with E-state index in [4.69, 9.17) is 0 Å². The minimum atomic E-state index is -1.63. The number of nitrogens with zero attached hydrogens (tertiary/aromatic N) is 6. The third-order valence-corrected chi connectivity index (χ3v) is 5.36. The van der Waals surface area contributed by atoms with Crippen LogP contribution in [0.5, 0.6) is 0 Å². The van der Waals surface area contributed by atoms with Gasteiger partial charge in [-0.3, -0.25) is 4.68 Å². The van der Waals surface area contributed by atoms with Gasteiger partial charge in [-0.25, -0.2) is 23.4 Å². The fourth-order valence-corrected chi connectivity index (χ4v) is 3.63. The lowest BCUT2D eigenvalue weighted by Gasteiger charge is -2.34. The van der Waals surface area contributed by atoms with Crippen LogP contribution >= 0.6 is 11.8 Å². The smallest absolute Gasteiger partial charge is 0.160 e. The molecular weight excluding hydrogens is 362 g/mol. The molecule has 3 aromatic rings. The second kappa shape index (κ2) is 7.50. The van der Waals surface area contributed by atoms with Crippen LogP contribution in [0, 0.1) is 11.6 Å². The summed E-state index contributed by atoms with van der Waals surface area (Å²) in [6.45, 7) is 1.74. The quantitative estimate of drug-likeness (QED) is 0.674. The maximum atomic E-state index is 14.4. The number of aliphatic hydroxyl groups is 1. The fourth-order valence-electron chi connectivity index (χ4n) is 2.62. The molecule has 2 aromatic heterocycles. The summed E-state index contributed by atoms with van der Waals surface area (Å²) in [6, 6.07) is 3.15. The van der Waals surface area contributed by atoms with E-state index < -0.39 is 22.5 Å². The summed E-state index contributed by atoms with van der Waals surface area (Å²) < 4.78 is 30.7. The number of hydrogen-bond donors (Lipinski definition) is 1. The average molecular weight is 380 g/mol. The minimum absolute atomic E-state index is 0.00313. The van der Waals surface area contributed by atoms with Gasteiger partial charge in [0.05, 0.1) is 12.3 Å². The molecule has 0 aliphatic rings. The molecule has 0 bridgehead atoms. The summed E-state index contributed by atoms with van der Waals surface area (Å²) in [5.41, 5.74) is -1.63. The van der Waals surface area contributed by atoms with Gasteiger partial charge in [-0.15, -0.1) is 11.8 Å². The van der Waals surface area contributed by atoms with Crippen molar-refractivity contribution in [2.75, 3.05) is 0 Å². The number of aromatic nitrogens is 6. The molecule has 0 radical (unpaired) electrons. The van der Waals surface area contributed by atoms with Crippen molar-refractivity contribution in [2.24, 2.45) is 7.05 Å². The topological polar surface area (TPSA) is 81.6 Å². The van der Waals surface area contributed by atoms with Crippen LogP contribution in [-0.4, -0.2) is 39.9 Å². The zero-order valence-electron chi connectivity index (χ0n) is 14.3. The summed E-state index contributed by atoms with van der Waals surface area (Å²) in [5.74, 6) is -0.472. The standard InChI is InChI=1S/C16H18F2N6OS/c1-11(26-6-15-20-10-23(2)22-15)16(25,7-24-9-19-8-21-24)13-4-3-12(17)5-14(13)18/h3-5,8-11,25H,6-7H2,1-2H3/t11-,16-/m1/s1. The highest BCUT2D eigenvalue weighted by Crippen LogP contribution is 2.37. The molecular formula is C16H18F2N6OS. The van der Waals surface area contributed by atoms with E-state index >= 15 is 0 Å². The van der Waals surface area contributed by atoms with Crippen molar-refractivity contribution in [1.82, 2.24) is 29.5 Å². The van der Waals surface area contributed by atoms with Gasteiger partial charge in [0.15, 0.2) is 5.82 Å². The maximum Gasteiger partial charge on any atom is 0.160 e. The highest BCUT2D eigenvalue weighted by molar-refractivity contribution is 7.99. The van der Waals surface area contributed by atoms with Gasteiger partial charge in [0.1, 0.15) is 36.2 Å². The van der Waals surface area contributed by atoms with Crippen LogP contribution < -0.4 is 0 Å². The highest BCUT2D eigenvalue weighted by Gasteiger charge is 2.39. The van der Waals surface area contributed by atoms with Crippen molar-refractivity contribution in [3.05, 3.63) is 60.2 Å². The Morgan fingerprint density at radius 1 is 1.31 bits per heavy atom. The lowest BCUT2D eigenvalue weighted by molar-refractivity contribution is 0.0133. The number of benzene rings is 1. The van der Waals surface area contributed by atoms with Crippen molar-refractivity contribution in [1.29, 1.82) is 0 Å². The second-order valence-electron chi connectivity index (χ2n) is 5.93. The maximum absolute atomic E-state index is 14.4. The largest absolute Gasteiger partial charge is 0.382 e. The lowest BCUT2D eigenvalue weighted by Crippen LogP contribution is -2.41. The van der Waals surface area contributed by atoms with E-state index in [-0.39, 0.29) is 12.1 Å². The Hall–Kier alpha value is -2.33. The number of hydrogen-bond acceptors (Lipinski definition) is 6. The third-order valence-electron chi connectivity index (χ3n) is 4.05. The first-order valence-electron chi connectivity index (χ1n) is 7.85. The van der Waals surface area contributed by atoms with Crippen LogP contribution in [-0.2, 0) is 24.9 Å². The van der Waals surface area contributed by atoms with E-state index in [0.29, 0.717) is 11.6 Å². The van der Waals surface area contributed by atoms with Gasteiger partial charge >= 0.3 is 0 Å². The zero-order valence-corrected chi connectivity index (χ0v) is 15.1. The molecule has 2 heterocycles. The van der Waals surface area contributed by atoms with Crippen LogP contribution in [0.25, 0.3) is 0 Å². The normalized spacial score (nSPS) is 15.0. The van der Waals surface area contributed by atoms with Gasteiger partial charge in [-0.2, -0.15) is 10.2 Å². The van der Waals surface area contributed by atoms with Crippen LogP contribution in [0.3, 0.4) is 0 Å². The monoisotopic (exact) mass is 380 g/mol. The molecule has 0 spiro atoms. The molecule has 138 valence electrons. The van der Waals surface area contributed by atoms with E-state index in [0.717, 1.165) is 12.1 Å². The Morgan fingerprint density at radius 3 is 2.73 bits per heavy atom. The Labute approximate surface area is 153 Å². The second-order valence-corrected chi connectivity index (χ2v) is 7.26. The van der Waals surface area contributed by atoms with E-state index in [1.54, 1.807) is 25.0 Å². The van der Waals surface area contributed by atoms with Gasteiger partial charge in [0.2, 0.25) is 0 Å². The van der Waals surface area contributed by atoms with Gasteiger partial charge in [0, 0.05) is 23.9 Å². The molecule has 0 aliphatic heterocycles. The summed E-state index contributed by atoms with van der Waals surface area (Å²) in [7, 11) is 1.76.